The van der Waals surface area contributed by atoms with Crippen molar-refractivity contribution in [1.29, 1.82) is 0 Å². The van der Waals surface area contributed by atoms with Crippen molar-refractivity contribution in [2.24, 2.45) is 5.73 Å². The lowest BCUT2D eigenvalue weighted by atomic mass is 9.99. The number of carboxylic acids is 1. The molecule has 0 saturated carbocycles. The van der Waals surface area contributed by atoms with Crippen LogP contribution in [0.4, 0.5) is 0 Å². The number of carbonyl (C=O) groups is 1. The molecule has 0 unspecified atom stereocenters. The fourth-order valence-corrected chi connectivity index (χ4v) is 4.26. The number of nitrogens with two attached hydrogens (primary N) is 1. The average molecular weight is 495 g/mol. The highest BCUT2D eigenvalue weighted by atomic mass is 32.2. The Labute approximate surface area is 203 Å². The number of aliphatic carboxylic acids is 1. The van der Waals surface area contributed by atoms with Gasteiger partial charge in [-0.25, -0.2) is 13.1 Å². The van der Waals surface area contributed by atoms with E-state index >= 15 is 0 Å². The molecule has 0 amide bonds. The summed E-state index contributed by atoms with van der Waals surface area (Å²) < 4.78 is 37.1. The van der Waals surface area contributed by atoms with Crippen molar-refractivity contribution in [1.82, 2.24) is 4.72 Å². The molecular weight excluding hydrogens is 468 g/mol. The lowest BCUT2D eigenvalue weighted by Crippen LogP contribution is -2.21. The minimum absolute atomic E-state index is 0.0746. The van der Waals surface area contributed by atoms with Gasteiger partial charge >= 0.3 is 5.97 Å². The van der Waals surface area contributed by atoms with Gasteiger partial charge in [0.25, 0.3) is 0 Å². The van der Waals surface area contributed by atoms with Crippen molar-refractivity contribution in [2.45, 2.75) is 26.1 Å². The fourth-order valence-electron chi connectivity index (χ4n) is 3.84. The molecule has 3 aromatic carbocycles. The Kier molecular flexibility index (Phi) is 7.20. The Bertz CT molecular complexity index is 1480. The summed E-state index contributed by atoms with van der Waals surface area (Å²) in [5.41, 5.74) is 11.5. The fraction of sp³-hybridized carbons (Fsp3) is 0.192. The first kappa shape index (κ1) is 24.5. The SMILES string of the molecule is CS(=O)(=O)NCc1ccc(CC(=O)O)c(OCc2cc(-c3cccc(CN)c3)c3occc3c2)c1. The molecule has 4 N–H and O–H groups in total. The van der Waals surface area contributed by atoms with E-state index in [2.05, 4.69) is 4.72 Å². The molecular formula is C26H26N2O6S. The van der Waals surface area contributed by atoms with Crippen LogP contribution in [0, 0.1) is 0 Å². The number of fused-ring (bicyclic) bond motifs is 1. The van der Waals surface area contributed by atoms with Crippen molar-refractivity contribution < 1.29 is 27.5 Å². The smallest absolute Gasteiger partial charge is 0.307 e. The van der Waals surface area contributed by atoms with E-state index in [1.54, 1.807) is 24.5 Å². The second-order valence-electron chi connectivity index (χ2n) is 8.28. The van der Waals surface area contributed by atoms with Gasteiger partial charge in [-0.3, -0.25) is 4.79 Å². The maximum atomic E-state index is 11.5. The standard InChI is InChI=1S/C26H26N2O6S/c1-35(31,32)28-15-18-5-6-21(13-25(29)30)24(12-18)34-16-19-10-22-7-8-33-26(22)23(11-19)20-4-2-3-17(9-20)14-27/h2-12,28H,13-16,27H2,1H3,(H,29,30). The third-order valence-corrected chi connectivity index (χ3v) is 6.16. The number of nitrogens with one attached hydrogen (secondary N) is 1. The van der Waals surface area contributed by atoms with E-state index in [1.807, 2.05) is 42.5 Å². The Balaban J connectivity index is 1.64. The summed E-state index contributed by atoms with van der Waals surface area (Å²) >= 11 is 0. The second-order valence-corrected chi connectivity index (χ2v) is 10.1. The molecule has 0 spiro atoms. The van der Waals surface area contributed by atoms with Crippen molar-refractivity contribution in [3.63, 3.8) is 0 Å². The van der Waals surface area contributed by atoms with Gasteiger partial charge in [-0.15, -0.1) is 0 Å². The summed E-state index contributed by atoms with van der Waals surface area (Å²) in [7, 11) is -3.37. The highest BCUT2D eigenvalue weighted by molar-refractivity contribution is 7.88. The van der Waals surface area contributed by atoms with E-state index in [0.717, 1.165) is 39.5 Å². The average Bonchev–Trinajstić information content (AvgIpc) is 3.30. The zero-order chi connectivity index (χ0) is 25.0. The minimum atomic E-state index is -3.37. The maximum Gasteiger partial charge on any atom is 0.307 e. The molecule has 0 aliphatic rings. The quantitative estimate of drug-likeness (QED) is 0.305. The van der Waals surface area contributed by atoms with E-state index in [9.17, 15) is 18.3 Å². The summed E-state index contributed by atoms with van der Waals surface area (Å²) in [5.74, 6) is -0.599. The van der Waals surface area contributed by atoms with Crippen LogP contribution in [-0.2, 0) is 40.9 Å². The van der Waals surface area contributed by atoms with Crippen LogP contribution in [-0.4, -0.2) is 25.7 Å². The monoisotopic (exact) mass is 494 g/mol. The molecule has 0 radical (unpaired) electrons. The van der Waals surface area contributed by atoms with Gasteiger partial charge in [0.15, 0.2) is 0 Å². The topological polar surface area (TPSA) is 132 Å². The van der Waals surface area contributed by atoms with Gasteiger partial charge in [0.2, 0.25) is 10.0 Å². The highest BCUT2D eigenvalue weighted by Crippen LogP contribution is 2.32. The summed E-state index contributed by atoms with van der Waals surface area (Å²) in [6, 6.07) is 18.7. The summed E-state index contributed by atoms with van der Waals surface area (Å²) in [5, 5.41) is 10.2. The van der Waals surface area contributed by atoms with E-state index in [4.69, 9.17) is 14.9 Å². The lowest BCUT2D eigenvalue weighted by Gasteiger charge is -2.14. The normalized spacial score (nSPS) is 11.6. The number of hydrogen-bond acceptors (Lipinski definition) is 6. The van der Waals surface area contributed by atoms with E-state index < -0.39 is 16.0 Å². The first-order chi connectivity index (χ1) is 16.7. The van der Waals surface area contributed by atoms with Gasteiger partial charge in [-0.1, -0.05) is 30.3 Å². The van der Waals surface area contributed by atoms with Crippen LogP contribution in [0.5, 0.6) is 5.75 Å². The van der Waals surface area contributed by atoms with Crippen LogP contribution in [0.3, 0.4) is 0 Å². The molecule has 1 aromatic heterocycles. The van der Waals surface area contributed by atoms with Crippen molar-refractivity contribution in [3.8, 4) is 16.9 Å². The number of ether oxygens (including phenoxy) is 1. The lowest BCUT2D eigenvalue weighted by molar-refractivity contribution is -0.136. The maximum absolute atomic E-state index is 11.5. The molecule has 0 aliphatic carbocycles. The van der Waals surface area contributed by atoms with E-state index in [1.165, 1.54) is 0 Å². The van der Waals surface area contributed by atoms with Gasteiger partial charge < -0.3 is 20.0 Å². The van der Waals surface area contributed by atoms with Gasteiger partial charge in [0.1, 0.15) is 17.9 Å². The van der Waals surface area contributed by atoms with Crippen LogP contribution in [0.25, 0.3) is 22.1 Å². The molecule has 182 valence electrons. The van der Waals surface area contributed by atoms with E-state index in [-0.39, 0.29) is 19.6 Å². The number of rotatable bonds is 10. The zero-order valence-corrected chi connectivity index (χ0v) is 20.0. The van der Waals surface area contributed by atoms with Gasteiger partial charge in [0.05, 0.1) is 18.9 Å². The zero-order valence-electron chi connectivity index (χ0n) is 19.2. The minimum Gasteiger partial charge on any atom is -0.489 e. The van der Waals surface area contributed by atoms with Gasteiger partial charge in [-0.05, 0) is 52.6 Å². The Morgan fingerprint density at radius 2 is 1.89 bits per heavy atom. The molecule has 4 aromatic rings. The van der Waals surface area contributed by atoms with Crippen molar-refractivity contribution in [3.05, 3.63) is 89.2 Å². The van der Waals surface area contributed by atoms with Crippen LogP contribution < -0.4 is 15.2 Å². The summed E-state index contributed by atoms with van der Waals surface area (Å²) in [6.45, 7) is 0.681. The number of sulfonamides is 1. The van der Waals surface area contributed by atoms with Crippen LogP contribution in [0.1, 0.15) is 22.3 Å². The largest absolute Gasteiger partial charge is 0.489 e. The first-order valence-electron chi connectivity index (χ1n) is 10.9. The number of benzene rings is 3. The molecule has 0 bridgehead atoms. The van der Waals surface area contributed by atoms with E-state index in [0.29, 0.717) is 23.4 Å². The number of hydrogen-bond donors (Lipinski definition) is 3. The van der Waals surface area contributed by atoms with Crippen LogP contribution >= 0.6 is 0 Å². The summed E-state index contributed by atoms with van der Waals surface area (Å²) in [4.78, 5) is 11.3. The molecule has 4 rings (SSSR count). The van der Waals surface area contributed by atoms with Crippen LogP contribution in [0.2, 0.25) is 0 Å². The second kappa shape index (κ2) is 10.3. The van der Waals surface area contributed by atoms with Gasteiger partial charge in [-0.2, -0.15) is 0 Å². The molecule has 1 heterocycles. The predicted octanol–water partition coefficient (Wildman–Crippen LogP) is 3.81. The third-order valence-electron chi connectivity index (χ3n) is 5.49. The molecule has 0 aliphatic heterocycles. The molecule has 0 atom stereocenters. The highest BCUT2D eigenvalue weighted by Gasteiger charge is 2.14. The first-order valence-corrected chi connectivity index (χ1v) is 12.8. The van der Waals surface area contributed by atoms with Crippen molar-refractivity contribution >= 4 is 27.0 Å². The molecule has 35 heavy (non-hydrogen) atoms. The Hall–Kier alpha value is -3.66. The molecule has 9 heteroatoms. The molecule has 8 nitrogen and oxygen atoms in total. The number of furan rings is 1. The number of carboxylic acid groups (broad SMARTS) is 1. The van der Waals surface area contributed by atoms with Crippen molar-refractivity contribution in [2.75, 3.05) is 6.26 Å². The predicted molar refractivity (Wildman–Crippen MR) is 133 cm³/mol. The van der Waals surface area contributed by atoms with Gasteiger partial charge in [0, 0.05) is 29.6 Å². The molecule has 0 fully saturated rings. The Morgan fingerprint density at radius 3 is 2.63 bits per heavy atom. The summed E-state index contributed by atoms with van der Waals surface area (Å²) in [6.07, 6.45) is 2.50. The molecule has 0 saturated heterocycles. The Morgan fingerprint density at radius 1 is 1.06 bits per heavy atom. The third kappa shape index (κ3) is 6.27. The van der Waals surface area contributed by atoms with Crippen LogP contribution in [0.15, 0.2) is 71.3 Å².